The van der Waals surface area contributed by atoms with Crippen LogP contribution in [0.3, 0.4) is 0 Å². The van der Waals surface area contributed by atoms with Gasteiger partial charge in [0.05, 0.1) is 10.0 Å². The molecule has 7 heteroatoms. The zero-order chi connectivity index (χ0) is 14.8. The summed E-state index contributed by atoms with van der Waals surface area (Å²) in [4.78, 5) is 8.36. The Balaban J connectivity index is 1.93. The van der Waals surface area contributed by atoms with Crippen LogP contribution in [0.5, 0.6) is 0 Å². The minimum atomic E-state index is -0.501. The van der Waals surface area contributed by atoms with Crippen LogP contribution in [0.15, 0.2) is 47.1 Å². The maximum absolute atomic E-state index is 6.10. The fraction of sp³-hybridized carbons (Fsp3) is 0.0714. The van der Waals surface area contributed by atoms with E-state index in [1.165, 1.54) is 6.20 Å². The molecule has 0 fully saturated rings. The first-order chi connectivity index (χ1) is 10.1. The van der Waals surface area contributed by atoms with Gasteiger partial charge in [0.2, 0.25) is 11.7 Å². The molecule has 0 spiro atoms. The van der Waals surface area contributed by atoms with Crippen molar-refractivity contribution in [3.63, 3.8) is 0 Å². The molecule has 1 atom stereocenters. The smallest absolute Gasteiger partial charge is 0.248 e. The summed E-state index contributed by atoms with van der Waals surface area (Å²) in [7, 11) is 0. The number of benzene rings is 1. The van der Waals surface area contributed by atoms with Gasteiger partial charge in [-0.05, 0) is 11.6 Å². The molecule has 21 heavy (non-hydrogen) atoms. The fourth-order valence-corrected chi connectivity index (χ4v) is 2.30. The van der Waals surface area contributed by atoms with Gasteiger partial charge in [-0.25, -0.2) is 4.98 Å². The second kappa shape index (κ2) is 5.81. The zero-order valence-electron chi connectivity index (χ0n) is 10.7. The highest BCUT2D eigenvalue weighted by Crippen LogP contribution is 2.27. The van der Waals surface area contributed by atoms with E-state index in [1.807, 2.05) is 30.3 Å². The molecule has 3 rings (SSSR count). The van der Waals surface area contributed by atoms with Crippen LogP contribution in [0.25, 0.3) is 11.5 Å². The average Bonchev–Trinajstić information content (AvgIpc) is 2.97. The third-order valence-electron chi connectivity index (χ3n) is 2.89. The lowest BCUT2D eigenvalue weighted by molar-refractivity contribution is 0.367. The number of aromatic nitrogens is 3. The SMILES string of the molecule is N[C@H](c1ccccc1)c1nc(-c2ncc(Cl)cc2Cl)no1. The number of hydrogen-bond acceptors (Lipinski definition) is 5. The highest BCUT2D eigenvalue weighted by atomic mass is 35.5. The van der Waals surface area contributed by atoms with Crippen molar-refractivity contribution in [2.24, 2.45) is 5.73 Å². The summed E-state index contributed by atoms with van der Waals surface area (Å²) in [6.07, 6.45) is 1.47. The van der Waals surface area contributed by atoms with Crippen molar-refractivity contribution < 1.29 is 4.52 Å². The molecule has 0 aliphatic heterocycles. The molecule has 2 aromatic heterocycles. The van der Waals surface area contributed by atoms with Crippen molar-refractivity contribution in [2.45, 2.75) is 6.04 Å². The summed E-state index contributed by atoms with van der Waals surface area (Å²) >= 11 is 11.9. The molecular formula is C14H10Cl2N4O. The summed E-state index contributed by atoms with van der Waals surface area (Å²) in [5, 5.41) is 4.66. The van der Waals surface area contributed by atoms with Crippen LogP contribution >= 0.6 is 23.2 Å². The predicted octanol–water partition coefficient (Wildman–Crippen LogP) is 3.49. The Labute approximate surface area is 130 Å². The quantitative estimate of drug-likeness (QED) is 0.799. The highest BCUT2D eigenvalue weighted by molar-refractivity contribution is 6.35. The van der Waals surface area contributed by atoms with Gasteiger partial charge < -0.3 is 10.3 Å². The number of halogens is 2. The maximum Gasteiger partial charge on any atom is 0.248 e. The Bertz CT molecular complexity index is 761. The normalized spacial score (nSPS) is 12.3. The van der Waals surface area contributed by atoms with Gasteiger partial charge in [0.1, 0.15) is 11.7 Å². The van der Waals surface area contributed by atoms with E-state index in [0.29, 0.717) is 21.6 Å². The topological polar surface area (TPSA) is 77.8 Å². The lowest BCUT2D eigenvalue weighted by Gasteiger charge is -2.05. The third-order valence-corrected chi connectivity index (χ3v) is 3.38. The third kappa shape index (κ3) is 2.90. The van der Waals surface area contributed by atoms with E-state index in [1.54, 1.807) is 6.07 Å². The molecule has 2 heterocycles. The van der Waals surface area contributed by atoms with Gasteiger partial charge in [0, 0.05) is 6.20 Å². The Morgan fingerprint density at radius 3 is 2.62 bits per heavy atom. The molecule has 0 amide bonds. The summed E-state index contributed by atoms with van der Waals surface area (Å²) < 4.78 is 5.20. The van der Waals surface area contributed by atoms with E-state index in [0.717, 1.165) is 5.56 Å². The molecule has 0 unspecified atom stereocenters. The van der Waals surface area contributed by atoms with E-state index >= 15 is 0 Å². The Morgan fingerprint density at radius 1 is 1.14 bits per heavy atom. The lowest BCUT2D eigenvalue weighted by Crippen LogP contribution is -2.12. The van der Waals surface area contributed by atoms with Crippen LogP contribution in [0.4, 0.5) is 0 Å². The molecule has 0 aliphatic carbocycles. The van der Waals surface area contributed by atoms with Gasteiger partial charge in [-0.2, -0.15) is 4.98 Å². The Hall–Kier alpha value is -1.95. The molecule has 106 valence electrons. The summed E-state index contributed by atoms with van der Waals surface area (Å²) in [5.74, 6) is 0.571. The summed E-state index contributed by atoms with van der Waals surface area (Å²) in [6, 6.07) is 10.5. The van der Waals surface area contributed by atoms with Gasteiger partial charge >= 0.3 is 0 Å². The van der Waals surface area contributed by atoms with Gasteiger partial charge in [-0.3, -0.25) is 0 Å². The van der Waals surface area contributed by atoms with Crippen molar-refractivity contribution >= 4 is 23.2 Å². The first kappa shape index (κ1) is 14.0. The molecule has 5 nitrogen and oxygen atoms in total. The highest BCUT2D eigenvalue weighted by Gasteiger charge is 2.19. The Kier molecular flexibility index (Phi) is 3.88. The van der Waals surface area contributed by atoms with Crippen LogP contribution in [0.2, 0.25) is 10.0 Å². The lowest BCUT2D eigenvalue weighted by atomic mass is 10.1. The second-order valence-corrected chi connectivity index (χ2v) is 5.17. The van der Waals surface area contributed by atoms with Crippen molar-refractivity contribution in [1.29, 1.82) is 0 Å². The van der Waals surface area contributed by atoms with E-state index in [-0.39, 0.29) is 5.82 Å². The van der Waals surface area contributed by atoms with Crippen LogP contribution in [0.1, 0.15) is 17.5 Å². The number of rotatable bonds is 3. The molecule has 0 radical (unpaired) electrons. The molecule has 2 N–H and O–H groups in total. The first-order valence-electron chi connectivity index (χ1n) is 6.10. The van der Waals surface area contributed by atoms with E-state index in [4.69, 9.17) is 33.5 Å². The predicted molar refractivity (Wildman–Crippen MR) is 80.0 cm³/mol. The number of nitrogens with zero attached hydrogens (tertiary/aromatic N) is 3. The van der Waals surface area contributed by atoms with Gasteiger partial charge in [0.25, 0.3) is 0 Å². The van der Waals surface area contributed by atoms with Crippen molar-refractivity contribution in [2.75, 3.05) is 0 Å². The molecule has 3 aromatic rings. The number of hydrogen-bond donors (Lipinski definition) is 1. The molecule has 0 saturated carbocycles. The van der Waals surface area contributed by atoms with Gasteiger partial charge in [0.15, 0.2) is 0 Å². The minimum absolute atomic E-state index is 0.276. The molecule has 0 aliphatic rings. The monoisotopic (exact) mass is 320 g/mol. The van der Waals surface area contributed by atoms with Crippen LogP contribution in [-0.2, 0) is 0 Å². The van der Waals surface area contributed by atoms with E-state index in [2.05, 4.69) is 15.1 Å². The zero-order valence-corrected chi connectivity index (χ0v) is 12.2. The molecule has 0 bridgehead atoms. The minimum Gasteiger partial charge on any atom is -0.337 e. The van der Waals surface area contributed by atoms with E-state index < -0.39 is 6.04 Å². The van der Waals surface area contributed by atoms with E-state index in [9.17, 15) is 0 Å². The molecular weight excluding hydrogens is 311 g/mol. The molecule has 0 saturated heterocycles. The fourth-order valence-electron chi connectivity index (χ4n) is 1.84. The van der Waals surface area contributed by atoms with Crippen molar-refractivity contribution in [3.05, 3.63) is 64.1 Å². The summed E-state index contributed by atoms with van der Waals surface area (Å²) in [5.41, 5.74) is 7.38. The van der Waals surface area contributed by atoms with Gasteiger partial charge in [-0.1, -0.05) is 58.7 Å². The maximum atomic E-state index is 6.10. The molecule has 1 aromatic carbocycles. The van der Waals surface area contributed by atoms with Gasteiger partial charge in [-0.15, -0.1) is 0 Å². The van der Waals surface area contributed by atoms with Crippen LogP contribution in [0, 0.1) is 0 Å². The van der Waals surface area contributed by atoms with Crippen molar-refractivity contribution in [3.8, 4) is 11.5 Å². The second-order valence-electron chi connectivity index (χ2n) is 4.33. The standard InChI is InChI=1S/C14H10Cl2N4O/c15-9-6-10(16)12(18-7-9)13-19-14(21-20-13)11(17)8-4-2-1-3-5-8/h1-7,11H,17H2/t11-/m1/s1. The average molecular weight is 321 g/mol. The van der Waals surface area contributed by atoms with Crippen LogP contribution < -0.4 is 5.73 Å². The summed E-state index contributed by atoms with van der Waals surface area (Å²) in [6.45, 7) is 0. The van der Waals surface area contributed by atoms with Crippen LogP contribution in [-0.4, -0.2) is 15.1 Å². The number of pyridine rings is 1. The van der Waals surface area contributed by atoms with Crippen molar-refractivity contribution in [1.82, 2.24) is 15.1 Å². The number of nitrogens with two attached hydrogens (primary N) is 1. The Morgan fingerprint density at radius 2 is 1.90 bits per heavy atom. The first-order valence-corrected chi connectivity index (χ1v) is 6.86. The largest absolute Gasteiger partial charge is 0.337 e.